The maximum absolute atomic E-state index is 11.2. The second-order valence-electron chi connectivity index (χ2n) is 2.63. The third-order valence-electron chi connectivity index (χ3n) is 1.49. The first-order valence-corrected chi connectivity index (χ1v) is 4.93. The molecule has 1 aromatic heterocycles. The minimum atomic E-state index is 0.00176. The first kappa shape index (κ1) is 10.2. The Morgan fingerprint density at radius 2 is 2.46 bits per heavy atom. The molecule has 0 aliphatic rings. The van der Waals surface area contributed by atoms with Crippen LogP contribution in [0.25, 0.3) is 0 Å². The predicted molar refractivity (Wildman–Crippen MR) is 55.5 cm³/mol. The van der Waals surface area contributed by atoms with Crippen LogP contribution < -0.4 is 5.32 Å². The summed E-state index contributed by atoms with van der Waals surface area (Å²) in [5.74, 6) is 0.586. The number of nitrogens with one attached hydrogen (secondary N) is 1. The van der Waals surface area contributed by atoms with Crippen LogP contribution in [0.15, 0.2) is 22.8 Å². The molecule has 0 atom stereocenters. The molecule has 1 heterocycles. The van der Waals surface area contributed by atoms with E-state index in [0.717, 1.165) is 10.9 Å². The van der Waals surface area contributed by atoms with E-state index < -0.39 is 0 Å². The molecule has 4 heteroatoms. The molecule has 3 nitrogen and oxygen atoms in total. The number of pyridine rings is 1. The molecule has 0 fully saturated rings. The van der Waals surface area contributed by atoms with E-state index in [2.05, 4.69) is 26.2 Å². The van der Waals surface area contributed by atoms with E-state index in [1.54, 1.807) is 12.3 Å². The Labute approximate surface area is 85.7 Å². The number of hydrogen-bond acceptors (Lipinski definition) is 2. The van der Waals surface area contributed by atoms with Gasteiger partial charge in [-0.05, 0) is 34.5 Å². The number of amides is 1. The zero-order valence-electron chi connectivity index (χ0n) is 7.38. The number of anilines is 1. The van der Waals surface area contributed by atoms with Crippen molar-refractivity contribution in [3.05, 3.63) is 22.8 Å². The summed E-state index contributed by atoms with van der Waals surface area (Å²) in [6.07, 6.45) is 3.02. The third-order valence-corrected chi connectivity index (χ3v) is 2.13. The van der Waals surface area contributed by atoms with Crippen molar-refractivity contribution in [1.29, 1.82) is 0 Å². The molecule has 0 unspecified atom stereocenters. The van der Waals surface area contributed by atoms with Crippen molar-refractivity contribution in [2.24, 2.45) is 0 Å². The lowest BCUT2D eigenvalue weighted by molar-refractivity contribution is -0.116. The number of carbonyl (C=O) groups is 1. The van der Waals surface area contributed by atoms with Gasteiger partial charge in [0, 0.05) is 12.6 Å². The SMILES string of the molecule is CCCC(=O)Nc1ncccc1Br. The monoisotopic (exact) mass is 242 g/mol. The topological polar surface area (TPSA) is 42.0 Å². The highest BCUT2D eigenvalue weighted by atomic mass is 79.9. The molecule has 0 radical (unpaired) electrons. The number of halogens is 1. The van der Waals surface area contributed by atoms with Gasteiger partial charge in [-0.25, -0.2) is 4.98 Å². The molecule has 0 bridgehead atoms. The Morgan fingerprint density at radius 3 is 3.08 bits per heavy atom. The van der Waals surface area contributed by atoms with E-state index in [-0.39, 0.29) is 5.91 Å². The van der Waals surface area contributed by atoms with Crippen LogP contribution in [0.2, 0.25) is 0 Å². The van der Waals surface area contributed by atoms with Crippen LogP contribution in [0.4, 0.5) is 5.82 Å². The van der Waals surface area contributed by atoms with Crippen LogP contribution in [0.5, 0.6) is 0 Å². The van der Waals surface area contributed by atoms with E-state index in [1.807, 2.05) is 13.0 Å². The van der Waals surface area contributed by atoms with Gasteiger partial charge in [0.15, 0.2) is 0 Å². The number of nitrogens with zero attached hydrogens (tertiary/aromatic N) is 1. The van der Waals surface area contributed by atoms with E-state index in [4.69, 9.17) is 0 Å². The highest BCUT2D eigenvalue weighted by molar-refractivity contribution is 9.10. The fourth-order valence-corrected chi connectivity index (χ4v) is 1.25. The summed E-state index contributed by atoms with van der Waals surface area (Å²) in [7, 11) is 0. The van der Waals surface area contributed by atoms with Gasteiger partial charge in [0.25, 0.3) is 0 Å². The lowest BCUT2D eigenvalue weighted by atomic mass is 10.3. The standard InChI is InChI=1S/C9H11BrN2O/c1-2-4-8(13)12-9-7(10)5-3-6-11-9/h3,5-6H,2,4H2,1H3,(H,11,12,13). The summed E-state index contributed by atoms with van der Waals surface area (Å²) < 4.78 is 0.805. The van der Waals surface area contributed by atoms with Gasteiger partial charge in [0.2, 0.25) is 5.91 Å². The van der Waals surface area contributed by atoms with Gasteiger partial charge in [0.1, 0.15) is 5.82 Å². The largest absolute Gasteiger partial charge is 0.310 e. The first-order chi connectivity index (χ1) is 6.24. The smallest absolute Gasteiger partial charge is 0.225 e. The Kier molecular flexibility index (Phi) is 3.89. The lowest BCUT2D eigenvalue weighted by Gasteiger charge is -2.04. The maximum atomic E-state index is 11.2. The number of rotatable bonds is 3. The molecule has 70 valence electrons. The molecule has 13 heavy (non-hydrogen) atoms. The van der Waals surface area contributed by atoms with E-state index >= 15 is 0 Å². The summed E-state index contributed by atoms with van der Waals surface area (Å²) in [4.78, 5) is 15.2. The van der Waals surface area contributed by atoms with Crippen LogP contribution in [-0.4, -0.2) is 10.9 Å². The summed E-state index contributed by atoms with van der Waals surface area (Å²) >= 11 is 3.30. The Morgan fingerprint density at radius 1 is 1.69 bits per heavy atom. The van der Waals surface area contributed by atoms with Gasteiger partial charge in [-0.2, -0.15) is 0 Å². The highest BCUT2D eigenvalue weighted by Crippen LogP contribution is 2.18. The molecule has 0 saturated heterocycles. The number of carbonyl (C=O) groups excluding carboxylic acids is 1. The molecule has 0 aliphatic carbocycles. The zero-order valence-corrected chi connectivity index (χ0v) is 8.97. The normalized spacial score (nSPS) is 9.69. The summed E-state index contributed by atoms with van der Waals surface area (Å²) in [5.41, 5.74) is 0. The van der Waals surface area contributed by atoms with Crippen molar-refractivity contribution >= 4 is 27.7 Å². The Hall–Kier alpha value is -0.900. The second-order valence-corrected chi connectivity index (χ2v) is 3.49. The fraction of sp³-hybridized carbons (Fsp3) is 0.333. The van der Waals surface area contributed by atoms with Gasteiger partial charge in [-0.3, -0.25) is 4.79 Å². The molecule has 1 N–H and O–H groups in total. The average Bonchev–Trinajstić information content (AvgIpc) is 2.09. The molecule has 1 amide bonds. The van der Waals surface area contributed by atoms with Crippen LogP contribution in [-0.2, 0) is 4.79 Å². The summed E-state index contributed by atoms with van der Waals surface area (Å²) in [5, 5.41) is 2.71. The highest BCUT2D eigenvalue weighted by Gasteiger charge is 2.03. The van der Waals surface area contributed by atoms with Gasteiger partial charge in [-0.15, -0.1) is 0 Å². The van der Waals surface area contributed by atoms with Crippen molar-refractivity contribution in [2.45, 2.75) is 19.8 Å². The van der Waals surface area contributed by atoms with Crippen molar-refractivity contribution in [3.63, 3.8) is 0 Å². The van der Waals surface area contributed by atoms with Gasteiger partial charge < -0.3 is 5.32 Å². The van der Waals surface area contributed by atoms with Crippen molar-refractivity contribution < 1.29 is 4.79 Å². The molecule has 0 spiro atoms. The molecular weight excluding hydrogens is 232 g/mol. The van der Waals surface area contributed by atoms with Crippen LogP contribution >= 0.6 is 15.9 Å². The van der Waals surface area contributed by atoms with Crippen molar-refractivity contribution in [1.82, 2.24) is 4.98 Å². The van der Waals surface area contributed by atoms with Gasteiger partial charge in [-0.1, -0.05) is 6.92 Å². The number of hydrogen-bond donors (Lipinski definition) is 1. The first-order valence-electron chi connectivity index (χ1n) is 4.14. The molecule has 0 saturated carbocycles. The van der Waals surface area contributed by atoms with E-state index in [0.29, 0.717) is 12.2 Å². The summed E-state index contributed by atoms with van der Waals surface area (Å²) in [6.45, 7) is 1.97. The van der Waals surface area contributed by atoms with Crippen LogP contribution in [0, 0.1) is 0 Å². The zero-order chi connectivity index (χ0) is 9.68. The predicted octanol–water partition coefficient (Wildman–Crippen LogP) is 2.58. The minimum Gasteiger partial charge on any atom is -0.310 e. The van der Waals surface area contributed by atoms with Crippen LogP contribution in [0.3, 0.4) is 0 Å². The lowest BCUT2D eigenvalue weighted by Crippen LogP contribution is -2.11. The second kappa shape index (κ2) is 4.97. The molecular formula is C9H11BrN2O. The van der Waals surface area contributed by atoms with Crippen molar-refractivity contribution in [3.8, 4) is 0 Å². The van der Waals surface area contributed by atoms with Crippen molar-refractivity contribution in [2.75, 3.05) is 5.32 Å². The fourth-order valence-electron chi connectivity index (χ4n) is 0.899. The Bertz CT molecular complexity index is 301. The quantitative estimate of drug-likeness (QED) is 0.886. The third kappa shape index (κ3) is 3.14. The van der Waals surface area contributed by atoms with E-state index in [1.165, 1.54) is 0 Å². The number of aromatic nitrogens is 1. The van der Waals surface area contributed by atoms with Gasteiger partial charge >= 0.3 is 0 Å². The molecule has 1 aromatic rings. The minimum absolute atomic E-state index is 0.00176. The van der Waals surface area contributed by atoms with E-state index in [9.17, 15) is 4.79 Å². The van der Waals surface area contributed by atoms with Gasteiger partial charge in [0.05, 0.1) is 4.47 Å². The molecule has 0 aromatic carbocycles. The average molecular weight is 243 g/mol. The molecule has 0 aliphatic heterocycles. The molecule has 1 rings (SSSR count). The van der Waals surface area contributed by atoms with Crippen LogP contribution in [0.1, 0.15) is 19.8 Å². The Balaban J connectivity index is 2.63. The summed E-state index contributed by atoms with van der Waals surface area (Å²) in [6, 6.07) is 3.65. The maximum Gasteiger partial charge on any atom is 0.225 e.